The first-order valence-electron chi connectivity index (χ1n) is 7.85. The van der Waals surface area contributed by atoms with Crippen LogP contribution in [-0.4, -0.2) is 42.8 Å². The number of rotatable bonds is 3. The van der Waals surface area contributed by atoms with Gasteiger partial charge in [-0.2, -0.15) is 5.10 Å². The van der Waals surface area contributed by atoms with Crippen LogP contribution < -0.4 is 0 Å². The van der Waals surface area contributed by atoms with E-state index in [1.807, 2.05) is 31.2 Å². The summed E-state index contributed by atoms with van der Waals surface area (Å²) in [4.78, 5) is 11.9. The predicted molar refractivity (Wildman–Crippen MR) is 90.7 cm³/mol. The Labute approximate surface area is 141 Å². The number of nitrogens with zero attached hydrogens (tertiary/aromatic N) is 2. The molecular weight excluding hydrogens is 328 g/mol. The van der Waals surface area contributed by atoms with Crippen molar-refractivity contribution in [3.05, 3.63) is 41.6 Å². The van der Waals surface area contributed by atoms with Gasteiger partial charge in [-0.25, -0.2) is 13.2 Å². The highest BCUT2D eigenvalue weighted by atomic mass is 32.2. The van der Waals surface area contributed by atoms with Crippen molar-refractivity contribution in [3.63, 3.8) is 0 Å². The van der Waals surface area contributed by atoms with Crippen LogP contribution >= 0.6 is 0 Å². The average Bonchev–Trinajstić information content (AvgIpc) is 2.99. The molecule has 128 valence electrons. The fraction of sp³-hybridized carbons (Fsp3) is 0.412. The van der Waals surface area contributed by atoms with Gasteiger partial charge in [0.25, 0.3) is 0 Å². The van der Waals surface area contributed by atoms with E-state index in [2.05, 4.69) is 5.10 Å². The fourth-order valence-electron chi connectivity index (χ4n) is 3.06. The van der Waals surface area contributed by atoms with Gasteiger partial charge < -0.3 is 4.74 Å². The summed E-state index contributed by atoms with van der Waals surface area (Å²) in [6, 6.07) is 9.54. The molecule has 0 aliphatic carbocycles. The lowest BCUT2D eigenvalue weighted by molar-refractivity contribution is 0.0592. The van der Waals surface area contributed by atoms with Crippen LogP contribution in [0.2, 0.25) is 0 Å². The highest BCUT2D eigenvalue weighted by Gasteiger charge is 2.28. The number of hydrogen-bond acceptors (Lipinski definition) is 5. The first-order chi connectivity index (χ1) is 11.4. The number of esters is 1. The van der Waals surface area contributed by atoms with Gasteiger partial charge in [-0.3, -0.25) is 4.68 Å². The predicted octanol–water partition coefficient (Wildman–Crippen LogP) is 2.39. The van der Waals surface area contributed by atoms with E-state index in [9.17, 15) is 13.2 Å². The van der Waals surface area contributed by atoms with Crippen molar-refractivity contribution in [2.75, 3.05) is 18.6 Å². The van der Waals surface area contributed by atoms with Crippen LogP contribution in [0, 0.1) is 6.92 Å². The Hall–Kier alpha value is -2.15. The van der Waals surface area contributed by atoms with E-state index < -0.39 is 15.8 Å². The fourth-order valence-corrected chi connectivity index (χ4v) is 4.53. The average molecular weight is 348 g/mol. The minimum absolute atomic E-state index is 0.0402. The van der Waals surface area contributed by atoms with Crippen molar-refractivity contribution in [2.24, 2.45) is 0 Å². The Morgan fingerprint density at radius 3 is 2.54 bits per heavy atom. The van der Waals surface area contributed by atoms with E-state index in [1.54, 1.807) is 10.7 Å². The number of carbonyl (C=O) groups excluding carboxylic acids is 1. The number of carbonyl (C=O) groups is 1. The number of benzene rings is 1. The van der Waals surface area contributed by atoms with Gasteiger partial charge in [0.15, 0.2) is 5.69 Å². The molecule has 0 saturated carbocycles. The topological polar surface area (TPSA) is 78.3 Å². The number of methoxy groups -OCH3 is 1. The van der Waals surface area contributed by atoms with Gasteiger partial charge in [0.1, 0.15) is 9.84 Å². The van der Waals surface area contributed by atoms with E-state index in [-0.39, 0.29) is 23.2 Å². The van der Waals surface area contributed by atoms with Gasteiger partial charge in [0, 0.05) is 5.56 Å². The third kappa shape index (κ3) is 3.21. The second-order valence-corrected chi connectivity index (χ2v) is 8.35. The third-order valence-corrected chi connectivity index (χ3v) is 6.14. The van der Waals surface area contributed by atoms with E-state index in [1.165, 1.54) is 7.11 Å². The van der Waals surface area contributed by atoms with Gasteiger partial charge >= 0.3 is 5.97 Å². The Bertz CT molecular complexity index is 856. The van der Waals surface area contributed by atoms with Gasteiger partial charge in [0.05, 0.1) is 30.4 Å². The minimum Gasteiger partial charge on any atom is -0.464 e. The maximum Gasteiger partial charge on any atom is 0.358 e. The molecule has 1 aliphatic rings. The molecule has 3 rings (SSSR count). The lowest BCUT2D eigenvalue weighted by atomic mass is 10.0. The second kappa shape index (κ2) is 6.39. The first kappa shape index (κ1) is 16.7. The maximum absolute atomic E-state index is 11.9. The van der Waals surface area contributed by atoms with Crippen molar-refractivity contribution >= 4 is 15.8 Å². The molecular formula is C17H20N2O4S. The summed E-state index contributed by atoms with van der Waals surface area (Å²) < 4.78 is 30.0. The molecule has 0 radical (unpaired) electrons. The zero-order chi connectivity index (χ0) is 17.3. The molecule has 0 spiro atoms. The number of aromatic nitrogens is 2. The maximum atomic E-state index is 11.9. The van der Waals surface area contributed by atoms with Crippen molar-refractivity contribution < 1.29 is 17.9 Å². The first-order valence-corrected chi connectivity index (χ1v) is 9.68. The highest BCUT2D eigenvalue weighted by Crippen LogP contribution is 2.31. The molecule has 0 N–H and O–H groups in total. The lowest BCUT2D eigenvalue weighted by Gasteiger charge is -2.24. The molecule has 0 atom stereocenters. The van der Waals surface area contributed by atoms with Crippen molar-refractivity contribution in [1.29, 1.82) is 0 Å². The molecule has 24 heavy (non-hydrogen) atoms. The summed E-state index contributed by atoms with van der Waals surface area (Å²) in [5.41, 5.74) is 3.11. The zero-order valence-electron chi connectivity index (χ0n) is 13.7. The number of sulfone groups is 1. The molecule has 1 aliphatic heterocycles. The summed E-state index contributed by atoms with van der Waals surface area (Å²) >= 11 is 0. The summed E-state index contributed by atoms with van der Waals surface area (Å²) in [6.45, 7) is 2.00. The molecule has 1 aromatic heterocycles. The number of hydrogen-bond donors (Lipinski definition) is 0. The van der Waals surface area contributed by atoms with Crippen LogP contribution in [0.25, 0.3) is 11.3 Å². The van der Waals surface area contributed by atoms with Gasteiger partial charge in [0.2, 0.25) is 0 Å². The summed E-state index contributed by atoms with van der Waals surface area (Å²) in [7, 11) is -1.63. The minimum atomic E-state index is -2.96. The standard InChI is InChI=1S/C17H20N2O4S/c1-12-5-3-4-6-14(12)16-11-15(17(20)23-2)18-19(16)13-7-9-24(21,22)10-8-13/h3-6,11,13H,7-10H2,1-2H3. The van der Waals surface area contributed by atoms with Crippen LogP contribution in [0.4, 0.5) is 0 Å². The van der Waals surface area contributed by atoms with Gasteiger partial charge in [-0.15, -0.1) is 0 Å². The highest BCUT2D eigenvalue weighted by molar-refractivity contribution is 7.91. The van der Waals surface area contributed by atoms with Crippen molar-refractivity contribution in [3.8, 4) is 11.3 Å². The molecule has 0 unspecified atom stereocenters. The van der Waals surface area contributed by atoms with Gasteiger partial charge in [-0.05, 0) is 31.4 Å². The molecule has 1 aromatic carbocycles. The third-order valence-electron chi connectivity index (χ3n) is 4.42. The monoisotopic (exact) mass is 348 g/mol. The van der Waals surface area contributed by atoms with Crippen LogP contribution in [0.3, 0.4) is 0 Å². The summed E-state index contributed by atoms with van der Waals surface area (Å²) in [5, 5.41) is 4.42. The molecule has 7 heteroatoms. The Kier molecular flexibility index (Phi) is 4.45. The SMILES string of the molecule is COC(=O)c1cc(-c2ccccc2C)n(C2CCS(=O)(=O)CC2)n1. The summed E-state index contributed by atoms with van der Waals surface area (Å²) in [5.74, 6) is -0.191. The number of aryl methyl sites for hydroxylation is 1. The Morgan fingerprint density at radius 1 is 1.25 bits per heavy atom. The van der Waals surface area contributed by atoms with E-state index in [0.717, 1.165) is 16.8 Å². The largest absolute Gasteiger partial charge is 0.464 e. The van der Waals surface area contributed by atoms with Crippen LogP contribution in [0.5, 0.6) is 0 Å². The van der Waals surface area contributed by atoms with Crippen LogP contribution in [0.15, 0.2) is 30.3 Å². The Morgan fingerprint density at radius 2 is 1.92 bits per heavy atom. The smallest absolute Gasteiger partial charge is 0.358 e. The molecule has 2 heterocycles. The Balaban J connectivity index is 2.06. The molecule has 1 saturated heterocycles. The molecule has 1 fully saturated rings. The molecule has 0 amide bonds. The van der Waals surface area contributed by atoms with Crippen LogP contribution in [-0.2, 0) is 14.6 Å². The lowest BCUT2D eigenvalue weighted by Crippen LogP contribution is -2.26. The second-order valence-electron chi connectivity index (χ2n) is 6.05. The van der Waals surface area contributed by atoms with E-state index in [0.29, 0.717) is 12.8 Å². The number of ether oxygens (including phenoxy) is 1. The molecule has 0 bridgehead atoms. The normalized spacial score (nSPS) is 17.6. The van der Waals surface area contributed by atoms with Crippen molar-refractivity contribution in [1.82, 2.24) is 9.78 Å². The van der Waals surface area contributed by atoms with E-state index >= 15 is 0 Å². The van der Waals surface area contributed by atoms with Gasteiger partial charge in [-0.1, -0.05) is 24.3 Å². The molecule has 6 nitrogen and oxygen atoms in total. The van der Waals surface area contributed by atoms with Crippen LogP contribution in [0.1, 0.15) is 34.9 Å². The van der Waals surface area contributed by atoms with E-state index in [4.69, 9.17) is 4.74 Å². The molecule has 2 aromatic rings. The quantitative estimate of drug-likeness (QED) is 0.796. The summed E-state index contributed by atoms with van der Waals surface area (Å²) in [6.07, 6.45) is 1.01. The zero-order valence-corrected chi connectivity index (χ0v) is 14.5. The van der Waals surface area contributed by atoms with Crippen molar-refractivity contribution in [2.45, 2.75) is 25.8 Å².